The first-order valence-electron chi connectivity index (χ1n) is 8.53. The quantitative estimate of drug-likeness (QED) is 0.794. The SMILES string of the molecule is COc1ccc(OC)c(S(=O)(=O)Nc2ccc(OC3CCCC3)cc2)c1. The first-order valence-corrected chi connectivity index (χ1v) is 10.0. The molecule has 1 aliphatic carbocycles. The average Bonchev–Trinajstić information content (AvgIpc) is 3.15. The number of sulfonamides is 1. The van der Waals surface area contributed by atoms with Crippen LogP contribution in [0.5, 0.6) is 17.2 Å². The molecule has 0 atom stereocenters. The molecule has 1 aliphatic rings. The Kier molecular flexibility index (Phi) is 5.56. The van der Waals surface area contributed by atoms with E-state index in [9.17, 15) is 8.42 Å². The monoisotopic (exact) mass is 377 g/mol. The fourth-order valence-electron chi connectivity index (χ4n) is 3.00. The molecule has 0 saturated heterocycles. The first kappa shape index (κ1) is 18.4. The maximum Gasteiger partial charge on any atom is 0.265 e. The summed E-state index contributed by atoms with van der Waals surface area (Å²) in [5, 5.41) is 0. The summed E-state index contributed by atoms with van der Waals surface area (Å²) in [6.45, 7) is 0. The van der Waals surface area contributed by atoms with Gasteiger partial charge in [0.05, 0.1) is 20.3 Å². The van der Waals surface area contributed by atoms with Crippen LogP contribution in [0.15, 0.2) is 47.4 Å². The molecule has 0 radical (unpaired) electrons. The molecule has 1 N–H and O–H groups in total. The van der Waals surface area contributed by atoms with Gasteiger partial charge in [0.1, 0.15) is 22.1 Å². The van der Waals surface area contributed by atoms with E-state index >= 15 is 0 Å². The minimum atomic E-state index is -3.82. The van der Waals surface area contributed by atoms with E-state index in [4.69, 9.17) is 14.2 Å². The predicted molar refractivity (Wildman–Crippen MR) is 99.7 cm³/mol. The van der Waals surface area contributed by atoms with Crippen molar-refractivity contribution < 1.29 is 22.6 Å². The van der Waals surface area contributed by atoms with Gasteiger partial charge in [0.2, 0.25) is 0 Å². The van der Waals surface area contributed by atoms with Crippen LogP contribution in [0.3, 0.4) is 0 Å². The van der Waals surface area contributed by atoms with Crippen LogP contribution < -0.4 is 18.9 Å². The fourth-order valence-corrected chi connectivity index (χ4v) is 4.25. The molecule has 0 bridgehead atoms. The van der Waals surface area contributed by atoms with Crippen LogP contribution in [0.1, 0.15) is 25.7 Å². The molecule has 6 nitrogen and oxygen atoms in total. The standard InChI is InChI=1S/C19H23NO5S/c1-23-17-11-12-18(24-2)19(13-17)26(21,22)20-14-7-9-16(10-8-14)25-15-5-3-4-6-15/h7-13,15,20H,3-6H2,1-2H3. The lowest BCUT2D eigenvalue weighted by atomic mass is 10.3. The normalized spacial score (nSPS) is 14.8. The van der Waals surface area contributed by atoms with Gasteiger partial charge in [0, 0.05) is 11.8 Å². The van der Waals surface area contributed by atoms with Crippen LogP contribution in [0, 0.1) is 0 Å². The Bertz CT molecular complexity index is 843. The summed E-state index contributed by atoms with van der Waals surface area (Å²) in [5.74, 6) is 1.43. The molecule has 2 aromatic carbocycles. The van der Waals surface area contributed by atoms with E-state index in [0.717, 1.165) is 18.6 Å². The molecule has 0 amide bonds. The Morgan fingerprint density at radius 3 is 2.19 bits per heavy atom. The summed E-state index contributed by atoms with van der Waals surface area (Å²) in [5.41, 5.74) is 0.452. The molecule has 0 unspecified atom stereocenters. The largest absolute Gasteiger partial charge is 0.497 e. The van der Waals surface area contributed by atoms with Gasteiger partial charge < -0.3 is 14.2 Å². The number of nitrogens with one attached hydrogen (secondary N) is 1. The number of anilines is 1. The van der Waals surface area contributed by atoms with Gasteiger partial charge in [-0.2, -0.15) is 0 Å². The zero-order valence-electron chi connectivity index (χ0n) is 14.9. The molecule has 7 heteroatoms. The van der Waals surface area contributed by atoms with Gasteiger partial charge in [-0.25, -0.2) is 8.42 Å². The van der Waals surface area contributed by atoms with Crippen LogP contribution in [-0.2, 0) is 10.0 Å². The van der Waals surface area contributed by atoms with E-state index in [1.54, 1.807) is 36.4 Å². The first-order chi connectivity index (χ1) is 12.5. The van der Waals surface area contributed by atoms with Crippen molar-refractivity contribution >= 4 is 15.7 Å². The number of rotatable bonds is 7. The van der Waals surface area contributed by atoms with Crippen molar-refractivity contribution in [3.63, 3.8) is 0 Å². The van der Waals surface area contributed by atoms with Crippen molar-refractivity contribution in [1.29, 1.82) is 0 Å². The van der Waals surface area contributed by atoms with E-state index in [1.165, 1.54) is 33.1 Å². The third-order valence-corrected chi connectivity index (χ3v) is 5.77. The van der Waals surface area contributed by atoms with Crippen LogP contribution >= 0.6 is 0 Å². The fraction of sp³-hybridized carbons (Fsp3) is 0.368. The summed E-state index contributed by atoms with van der Waals surface area (Å²) in [4.78, 5) is 0.0191. The summed E-state index contributed by atoms with van der Waals surface area (Å²) < 4.78 is 44.2. The summed E-state index contributed by atoms with van der Waals surface area (Å²) in [7, 11) is -0.912. The van der Waals surface area contributed by atoms with Crippen LogP contribution in [0.2, 0.25) is 0 Å². The Morgan fingerprint density at radius 1 is 0.923 bits per heavy atom. The van der Waals surface area contributed by atoms with Gasteiger partial charge >= 0.3 is 0 Å². The number of benzene rings is 2. The molecule has 0 heterocycles. The number of hydrogen-bond donors (Lipinski definition) is 1. The molecule has 140 valence electrons. The van der Waals surface area contributed by atoms with Gasteiger partial charge in [-0.15, -0.1) is 0 Å². The minimum Gasteiger partial charge on any atom is -0.497 e. The van der Waals surface area contributed by atoms with Crippen molar-refractivity contribution in [2.75, 3.05) is 18.9 Å². The van der Waals surface area contributed by atoms with Gasteiger partial charge in [-0.3, -0.25) is 4.72 Å². The lowest BCUT2D eigenvalue weighted by Crippen LogP contribution is -2.14. The molecule has 2 aromatic rings. The smallest absolute Gasteiger partial charge is 0.265 e. The van der Waals surface area contributed by atoms with Crippen molar-refractivity contribution in [2.45, 2.75) is 36.7 Å². The van der Waals surface area contributed by atoms with Crippen molar-refractivity contribution in [3.8, 4) is 17.2 Å². The van der Waals surface area contributed by atoms with E-state index in [0.29, 0.717) is 11.4 Å². The summed E-state index contributed by atoms with van der Waals surface area (Å²) >= 11 is 0. The van der Waals surface area contributed by atoms with Crippen LogP contribution in [0.4, 0.5) is 5.69 Å². The number of ether oxygens (including phenoxy) is 3. The van der Waals surface area contributed by atoms with E-state index in [2.05, 4.69) is 4.72 Å². The second-order valence-electron chi connectivity index (χ2n) is 6.17. The second-order valence-corrected chi connectivity index (χ2v) is 7.82. The zero-order chi connectivity index (χ0) is 18.6. The number of hydrogen-bond acceptors (Lipinski definition) is 5. The third-order valence-electron chi connectivity index (χ3n) is 4.37. The lowest BCUT2D eigenvalue weighted by molar-refractivity contribution is 0.210. The molecule has 0 aromatic heterocycles. The average molecular weight is 377 g/mol. The second kappa shape index (κ2) is 7.86. The van der Waals surface area contributed by atoms with Crippen molar-refractivity contribution in [2.24, 2.45) is 0 Å². The third kappa shape index (κ3) is 4.22. The molecule has 1 fully saturated rings. The molecule has 1 saturated carbocycles. The van der Waals surface area contributed by atoms with E-state index < -0.39 is 10.0 Å². The Labute approximate surface area is 154 Å². The predicted octanol–water partition coefficient (Wildman–Crippen LogP) is 3.83. The maximum absolute atomic E-state index is 12.7. The van der Waals surface area contributed by atoms with Crippen LogP contribution in [0.25, 0.3) is 0 Å². The molecule has 0 aliphatic heterocycles. The highest BCUT2D eigenvalue weighted by atomic mass is 32.2. The van der Waals surface area contributed by atoms with E-state index in [1.807, 2.05) is 0 Å². The molecule has 26 heavy (non-hydrogen) atoms. The Hall–Kier alpha value is -2.41. The van der Waals surface area contributed by atoms with Crippen LogP contribution in [-0.4, -0.2) is 28.7 Å². The van der Waals surface area contributed by atoms with Crippen molar-refractivity contribution in [1.82, 2.24) is 0 Å². The topological polar surface area (TPSA) is 73.9 Å². The molecule has 0 spiro atoms. The number of methoxy groups -OCH3 is 2. The van der Waals surface area contributed by atoms with Gasteiger partial charge in [0.15, 0.2) is 0 Å². The van der Waals surface area contributed by atoms with Gasteiger partial charge in [0.25, 0.3) is 10.0 Å². The highest BCUT2D eigenvalue weighted by Gasteiger charge is 2.21. The minimum absolute atomic E-state index is 0.0191. The van der Waals surface area contributed by atoms with Gasteiger partial charge in [-0.1, -0.05) is 0 Å². The highest BCUT2D eigenvalue weighted by Crippen LogP contribution is 2.30. The Morgan fingerprint density at radius 2 is 1.58 bits per heavy atom. The molecule has 3 rings (SSSR count). The lowest BCUT2D eigenvalue weighted by Gasteiger charge is -2.15. The zero-order valence-corrected chi connectivity index (χ0v) is 15.7. The van der Waals surface area contributed by atoms with Gasteiger partial charge in [-0.05, 0) is 62.1 Å². The molecular formula is C19H23NO5S. The molecular weight excluding hydrogens is 354 g/mol. The highest BCUT2D eigenvalue weighted by molar-refractivity contribution is 7.92. The maximum atomic E-state index is 12.7. The van der Waals surface area contributed by atoms with E-state index in [-0.39, 0.29) is 16.7 Å². The summed E-state index contributed by atoms with van der Waals surface area (Å²) in [6, 6.07) is 11.6. The van der Waals surface area contributed by atoms with Crippen molar-refractivity contribution in [3.05, 3.63) is 42.5 Å². The Balaban J connectivity index is 1.76. The summed E-state index contributed by atoms with van der Waals surface area (Å²) in [6.07, 6.45) is 4.81.